The van der Waals surface area contributed by atoms with E-state index in [0.29, 0.717) is 11.6 Å². The predicted molar refractivity (Wildman–Crippen MR) is 84.9 cm³/mol. The van der Waals surface area contributed by atoms with Crippen LogP contribution in [0.2, 0.25) is 0 Å². The molecule has 1 aromatic carbocycles. The summed E-state index contributed by atoms with van der Waals surface area (Å²) in [4.78, 5) is 7.42. The summed E-state index contributed by atoms with van der Waals surface area (Å²) in [6.45, 7) is 0. The van der Waals surface area contributed by atoms with Gasteiger partial charge in [-0.2, -0.15) is 0 Å². The summed E-state index contributed by atoms with van der Waals surface area (Å²) in [5.41, 5.74) is 1.21. The van der Waals surface area contributed by atoms with Crippen LogP contribution in [0, 0.1) is 5.41 Å². The minimum absolute atomic E-state index is 0.543. The third-order valence-electron chi connectivity index (χ3n) is 2.79. The summed E-state index contributed by atoms with van der Waals surface area (Å²) in [7, 11) is 3.22. The lowest BCUT2D eigenvalue weighted by Gasteiger charge is -2.03. The van der Waals surface area contributed by atoms with E-state index >= 15 is 0 Å². The van der Waals surface area contributed by atoms with Crippen LogP contribution in [0.1, 0.15) is 11.4 Å². The van der Waals surface area contributed by atoms with Crippen molar-refractivity contribution >= 4 is 23.7 Å². The minimum atomic E-state index is 0.543. The molecular weight excluding hydrogens is 286 g/mol. The molecule has 0 aliphatic carbocycles. The van der Waals surface area contributed by atoms with Gasteiger partial charge in [0.1, 0.15) is 5.75 Å². The van der Waals surface area contributed by atoms with Crippen molar-refractivity contribution < 1.29 is 9.47 Å². The molecule has 0 spiro atoms. The zero-order chi connectivity index (χ0) is 15.1. The van der Waals surface area contributed by atoms with Gasteiger partial charge in [-0.25, -0.2) is 4.98 Å². The van der Waals surface area contributed by atoms with E-state index in [-0.39, 0.29) is 0 Å². The van der Waals surface area contributed by atoms with Crippen molar-refractivity contribution in [2.75, 3.05) is 14.2 Å². The summed E-state index contributed by atoms with van der Waals surface area (Å²) in [5, 5.41) is 8.03. The molecule has 0 atom stereocenters. The molecule has 0 aliphatic rings. The second-order valence-electron chi connectivity index (χ2n) is 4.13. The molecule has 6 heteroatoms. The number of aromatic amines is 1. The van der Waals surface area contributed by atoms with Crippen LogP contribution in [0.3, 0.4) is 0 Å². The van der Waals surface area contributed by atoms with Gasteiger partial charge in [0.2, 0.25) is 0 Å². The number of hydrogen-bond acceptors (Lipinski definition) is 5. The van der Waals surface area contributed by atoms with E-state index in [2.05, 4.69) is 9.97 Å². The number of nitrogens with one attached hydrogen (secondary N) is 2. The second kappa shape index (κ2) is 7.54. The number of aromatic nitrogens is 2. The molecule has 2 rings (SSSR count). The number of allylic oxidation sites excluding steroid dienone is 1. The van der Waals surface area contributed by atoms with Gasteiger partial charge in [0.25, 0.3) is 0 Å². The summed E-state index contributed by atoms with van der Waals surface area (Å²) >= 11 is 1.66. The first-order valence-corrected chi connectivity index (χ1v) is 7.31. The summed E-state index contributed by atoms with van der Waals surface area (Å²) in [6.07, 6.45) is 4.49. The molecule has 1 aromatic heterocycles. The Labute approximate surface area is 127 Å². The predicted octanol–water partition coefficient (Wildman–Crippen LogP) is 3.35. The van der Waals surface area contributed by atoms with E-state index in [1.54, 1.807) is 38.3 Å². The zero-order valence-corrected chi connectivity index (χ0v) is 12.7. The van der Waals surface area contributed by atoms with Crippen molar-refractivity contribution in [3.8, 4) is 5.75 Å². The second-order valence-corrected chi connectivity index (χ2v) is 5.15. The molecule has 0 saturated heterocycles. The Morgan fingerprint density at radius 2 is 2.10 bits per heavy atom. The van der Waals surface area contributed by atoms with Gasteiger partial charge in [-0.15, -0.1) is 11.8 Å². The Balaban J connectivity index is 1.99. The highest BCUT2D eigenvalue weighted by molar-refractivity contribution is 7.98. The van der Waals surface area contributed by atoms with Crippen molar-refractivity contribution in [2.45, 2.75) is 10.8 Å². The van der Waals surface area contributed by atoms with Crippen LogP contribution in [-0.2, 0) is 10.5 Å². The monoisotopic (exact) mass is 303 g/mol. The summed E-state index contributed by atoms with van der Waals surface area (Å²) in [6, 6.07) is 7.98. The van der Waals surface area contributed by atoms with Gasteiger partial charge in [-0.1, -0.05) is 12.1 Å². The van der Waals surface area contributed by atoms with Crippen LogP contribution in [-0.4, -0.2) is 30.4 Å². The SMILES string of the molecule is CO/C(=C/C=N)c1ncc(SCc2ccc(OC)cc2)[nH]1. The van der Waals surface area contributed by atoms with Crippen LogP contribution in [0.15, 0.2) is 41.6 Å². The molecule has 110 valence electrons. The Hall–Kier alpha value is -2.21. The fourth-order valence-corrected chi connectivity index (χ4v) is 2.52. The number of H-pyrrole nitrogens is 1. The van der Waals surface area contributed by atoms with Gasteiger partial charge < -0.3 is 19.9 Å². The third-order valence-corrected chi connectivity index (χ3v) is 3.79. The van der Waals surface area contributed by atoms with Gasteiger partial charge in [0.15, 0.2) is 11.6 Å². The highest BCUT2D eigenvalue weighted by Gasteiger charge is 2.07. The highest BCUT2D eigenvalue weighted by atomic mass is 32.2. The first-order valence-electron chi connectivity index (χ1n) is 6.32. The van der Waals surface area contributed by atoms with Crippen molar-refractivity contribution in [3.05, 3.63) is 47.9 Å². The molecule has 0 aliphatic heterocycles. The van der Waals surface area contributed by atoms with E-state index < -0.39 is 0 Å². The Morgan fingerprint density at radius 1 is 1.33 bits per heavy atom. The third kappa shape index (κ3) is 4.13. The maximum absolute atomic E-state index is 7.08. The number of nitrogens with zero attached hydrogens (tertiary/aromatic N) is 1. The number of ether oxygens (including phenoxy) is 2. The van der Waals surface area contributed by atoms with Crippen LogP contribution < -0.4 is 4.74 Å². The number of methoxy groups -OCH3 is 2. The highest BCUT2D eigenvalue weighted by Crippen LogP contribution is 2.23. The lowest BCUT2D eigenvalue weighted by Crippen LogP contribution is -1.90. The average Bonchev–Trinajstić information content (AvgIpc) is 3.00. The molecule has 0 saturated carbocycles. The molecule has 0 radical (unpaired) electrons. The maximum Gasteiger partial charge on any atom is 0.173 e. The molecule has 0 fully saturated rings. The maximum atomic E-state index is 7.08. The van der Waals surface area contributed by atoms with Gasteiger partial charge in [-0.3, -0.25) is 0 Å². The zero-order valence-electron chi connectivity index (χ0n) is 11.9. The molecule has 0 unspecified atom stereocenters. The number of hydrogen-bond donors (Lipinski definition) is 2. The molecule has 0 bridgehead atoms. The molecule has 5 nitrogen and oxygen atoms in total. The topological polar surface area (TPSA) is 71.0 Å². The molecule has 1 heterocycles. The Bertz CT molecular complexity index is 620. The van der Waals surface area contributed by atoms with E-state index in [0.717, 1.165) is 16.5 Å². The normalized spacial score (nSPS) is 11.2. The lowest BCUT2D eigenvalue weighted by molar-refractivity contribution is 0.367. The van der Waals surface area contributed by atoms with Gasteiger partial charge in [0, 0.05) is 18.0 Å². The first kappa shape index (κ1) is 15.2. The standard InChI is InChI=1S/C15H17N3O2S/c1-19-12-5-3-11(4-6-12)10-21-14-9-17-15(18-14)13(20-2)7-8-16/h3-9,16H,10H2,1-2H3,(H,17,18)/b13-7+,16-8?. The molecule has 0 amide bonds. The largest absolute Gasteiger partial charge is 0.497 e. The number of thioether (sulfide) groups is 1. The number of imidazole rings is 1. The van der Waals surface area contributed by atoms with Crippen molar-refractivity contribution in [2.24, 2.45) is 0 Å². The molecule has 2 aromatic rings. The smallest absolute Gasteiger partial charge is 0.173 e. The fraction of sp³-hybridized carbons (Fsp3) is 0.200. The summed E-state index contributed by atoms with van der Waals surface area (Å²) < 4.78 is 10.3. The van der Waals surface area contributed by atoms with Crippen molar-refractivity contribution in [1.82, 2.24) is 9.97 Å². The summed E-state index contributed by atoms with van der Waals surface area (Å²) in [5.74, 6) is 2.86. The van der Waals surface area contributed by atoms with Crippen LogP contribution in [0.5, 0.6) is 5.75 Å². The molecular formula is C15H17N3O2S. The van der Waals surface area contributed by atoms with E-state index in [9.17, 15) is 0 Å². The Morgan fingerprint density at radius 3 is 2.71 bits per heavy atom. The van der Waals surface area contributed by atoms with E-state index in [1.807, 2.05) is 24.3 Å². The van der Waals surface area contributed by atoms with Gasteiger partial charge in [-0.05, 0) is 17.7 Å². The number of rotatable bonds is 7. The van der Waals surface area contributed by atoms with Crippen molar-refractivity contribution in [3.63, 3.8) is 0 Å². The Kier molecular flexibility index (Phi) is 5.45. The van der Waals surface area contributed by atoms with Crippen LogP contribution >= 0.6 is 11.8 Å². The average molecular weight is 303 g/mol. The first-order chi connectivity index (χ1) is 10.3. The van der Waals surface area contributed by atoms with Gasteiger partial charge >= 0.3 is 0 Å². The van der Waals surface area contributed by atoms with E-state index in [4.69, 9.17) is 14.9 Å². The minimum Gasteiger partial charge on any atom is -0.497 e. The molecule has 21 heavy (non-hydrogen) atoms. The van der Waals surface area contributed by atoms with Crippen LogP contribution in [0.25, 0.3) is 5.76 Å². The van der Waals surface area contributed by atoms with E-state index in [1.165, 1.54) is 11.8 Å². The fourth-order valence-electron chi connectivity index (χ4n) is 1.71. The van der Waals surface area contributed by atoms with Crippen LogP contribution in [0.4, 0.5) is 0 Å². The lowest BCUT2D eigenvalue weighted by atomic mass is 10.2. The quantitative estimate of drug-likeness (QED) is 0.467. The number of benzene rings is 1. The van der Waals surface area contributed by atoms with Gasteiger partial charge in [0.05, 0.1) is 25.4 Å². The van der Waals surface area contributed by atoms with Crippen molar-refractivity contribution in [1.29, 1.82) is 5.41 Å². The molecule has 2 N–H and O–H groups in total.